The van der Waals surface area contributed by atoms with Crippen LogP contribution in [0, 0.1) is 0 Å². The van der Waals surface area contributed by atoms with E-state index in [1.165, 1.54) is 0 Å². The predicted molar refractivity (Wildman–Crippen MR) is 65.6 cm³/mol. The van der Waals surface area contributed by atoms with Crippen LogP contribution in [0.15, 0.2) is 0 Å². The molecule has 1 rings (SSSR count). The summed E-state index contributed by atoms with van der Waals surface area (Å²) >= 11 is 0. The third-order valence-corrected chi connectivity index (χ3v) is 2.89. The lowest BCUT2D eigenvalue weighted by molar-refractivity contribution is -0.0884. The van der Waals surface area contributed by atoms with Gasteiger partial charge in [0.05, 0.1) is 18.8 Å². The molecule has 1 fully saturated rings. The normalized spacial score (nSPS) is 23.2. The number of hydrogen-bond donors (Lipinski definition) is 2. The van der Waals surface area contributed by atoms with Crippen LogP contribution in [0.1, 0.15) is 27.2 Å². The molecule has 96 valence electrons. The van der Waals surface area contributed by atoms with Gasteiger partial charge in [0.15, 0.2) is 0 Å². The highest BCUT2D eigenvalue weighted by molar-refractivity contribution is 4.82. The molecule has 2 N–H and O–H groups in total. The summed E-state index contributed by atoms with van der Waals surface area (Å²) in [7, 11) is 0. The van der Waals surface area contributed by atoms with Crippen molar-refractivity contribution in [3.63, 3.8) is 0 Å². The standard InChI is InChI=1S/C12H26N2O2/c1-4-5-13-11(9-15)8-14-6-7-16-12(2,3)10-14/h11,13,15H,4-10H2,1-3H3. The molecule has 4 nitrogen and oxygen atoms in total. The Morgan fingerprint density at radius 3 is 2.81 bits per heavy atom. The summed E-state index contributed by atoms with van der Waals surface area (Å²) in [5.74, 6) is 0. The molecule has 0 spiro atoms. The maximum atomic E-state index is 9.29. The lowest BCUT2D eigenvalue weighted by atomic mass is 10.1. The second-order valence-corrected chi connectivity index (χ2v) is 5.18. The Labute approximate surface area is 99.0 Å². The number of aliphatic hydroxyl groups is 1. The van der Waals surface area contributed by atoms with Crippen molar-refractivity contribution in [2.24, 2.45) is 0 Å². The van der Waals surface area contributed by atoms with Crippen LogP contribution in [0.2, 0.25) is 0 Å². The Kier molecular flexibility index (Phi) is 5.69. The maximum absolute atomic E-state index is 9.29. The zero-order valence-electron chi connectivity index (χ0n) is 10.8. The van der Waals surface area contributed by atoms with E-state index in [9.17, 15) is 5.11 Å². The van der Waals surface area contributed by atoms with Crippen LogP contribution >= 0.6 is 0 Å². The SMILES string of the molecule is CCCNC(CO)CN1CCOC(C)(C)C1. The first-order chi connectivity index (χ1) is 7.57. The summed E-state index contributed by atoms with van der Waals surface area (Å²) in [5, 5.41) is 12.7. The maximum Gasteiger partial charge on any atom is 0.0753 e. The quantitative estimate of drug-likeness (QED) is 0.696. The molecule has 0 aliphatic carbocycles. The van der Waals surface area contributed by atoms with Crippen LogP contribution < -0.4 is 5.32 Å². The van der Waals surface area contributed by atoms with Crippen LogP contribution in [0.25, 0.3) is 0 Å². The van der Waals surface area contributed by atoms with Crippen LogP contribution in [0.4, 0.5) is 0 Å². The Morgan fingerprint density at radius 2 is 2.25 bits per heavy atom. The molecule has 16 heavy (non-hydrogen) atoms. The number of aliphatic hydroxyl groups excluding tert-OH is 1. The third kappa shape index (κ3) is 4.78. The summed E-state index contributed by atoms with van der Waals surface area (Å²) < 4.78 is 5.67. The average Bonchev–Trinajstić information content (AvgIpc) is 2.22. The van der Waals surface area contributed by atoms with Gasteiger partial charge < -0.3 is 15.2 Å². The van der Waals surface area contributed by atoms with Gasteiger partial charge in [0, 0.05) is 25.7 Å². The van der Waals surface area contributed by atoms with Crippen molar-refractivity contribution in [2.45, 2.75) is 38.8 Å². The zero-order valence-corrected chi connectivity index (χ0v) is 10.8. The van der Waals surface area contributed by atoms with E-state index in [4.69, 9.17) is 4.74 Å². The molecule has 0 aromatic rings. The minimum Gasteiger partial charge on any atom is -0.395 e. The van der Waals surface area contributed by atoms with Crippen molar-refractivity contribution in [1.82, 2.24) is 10.2 Å². The van der Waals surface area contributed by atoms with Gasteiger partial charge in [-0.1, -0.05) is 6.92 Å². The monoisotopic (exact) mass is 230 g/mol. The molecule has 4 heteroatoms. The molecule has 1 aliphatic rings. The van der Waals surface area contributed by atoms with Gasteiger partial charge in [-0.05, 0) is 26.8 Å². The van der Waals surface area contributed by atoms with E-state index in [-0.39, 0.29) is 18.2 Å². The van der Waals surface area contributed by atoms with Gasteiger partial charge >= 0.3 is 0 Å². The molecule has 1 unspecified atom stereocenters. The number of morpholine rings is 1. The molecular weight excluding hydrogens is 204 g/mol. The summed E-state index contributed by atoms with van der Waals surface area (Å²) in [6.07, 6.45) is 1.10. The number of hydrogen-bond acceptors (Lipinski definition) is 4. The molecule has 1 heterocycles. The van der Waals surface area contributed by atoms with E-state index >= 15 is 0 Å². The topological polar surface area (TPSA) is 44.7 Å². The summed E-state index contributed by atoms with van der Waals surface area (Å²) in [6, 6.07) is 0.189. The van der Waals surface area contributed by atoms with E-state index in [1.54, 1.807) is 0 Å². The van der Waals surface area contributed by atoms with Gasteiger partial charge in [0.1, 0.15) is 0 Å². The van der Waals surface area contributed by atoms with E-state index in [0.717, 1.165) is 39.2 Å². The van der Waals surface area contributed by atoms with Gasteiger partial charge in [-0.25, -0.2) is 0 Å². The number of ether oxygens (including phenoxy) is 1. The summed E-state index contributed by atoms with van der Waals surface area (Å²) in [5.41, 5.74) is -0.0526. The predicted octanol–water partition coefficient (Wildman–Crippen LogP) is 0.458. The van der Waals surface area contributed by atoms with Crippen molar-refractivity contribution < 1.29 is 9.84 Å². The van der Waals surface area contributed by atoms with Gasteiger partial charge in [-0.3, -0.25) is 4.90 Å². The largest absolute Gasteiger partial charge is 0.395 e. The van der Waals surface area contributed by atoms with Crippen LogP contribution in [-0.2, 0) is 4.74 Å². The smallest absolute Gasteiger partial charge is 0.0753 e. The van der Waals surface area contributed by atoms with Crippen LogP contribution in [0.3, 0.4) is 0 Å². The second kappa shape index (κ2) is 6.55. The number of nitrogens with zero attached hydrogens (tertiary/aromatic N) is 1. The number of nitrogens with one attached hydrogen (secondary N) is 1. The fraction of sp³-hybridized carbons (Fsp3) is 1.00. The average molecular weight is 230 g/mol. The fourth-order valence-electron chi connectivity index (χ4n) is 2.12. The Hall–Kier alpha value is -0.160. The molecule has 1 saturated heterocycles. The zero-order chi connectivity index (χ0) is 12.0. The highest BCUT2D eigenvalue weighted by Gasteiger charge is 2.28. The Morgan fingerprint density at radius 1 is 1.50 bits per heavy atom. The highest BCUT2D eigenvalue weighted by Crippen LogP contribution is 2.16. The minimum absolute atomic E-state index is 0.0526. The number of rotatable bonds is 6. The Bertz CT molecular complexity index is 197. The molecule has 0 bridgehead atoms. The van der Waals surface area contributed by atoms with Gasteiger partial charge in [0.25, 0.3) is 0 Å². The highest BCUT2D eigenvalue weighted by atomic mass is 16.5. The van der Waals surface area contributed by atoms with Gasteiger partial charge in [-0.2, -0.15) is 0 Å². The third-order valence-electron chi connectivity index (χ3n) is 2.89. The van der Waals surface area contributed by atoms with E-state index in [2.05, 4.69) is 31.0 Å². The van der Waals surface area contributed by atoms with Gasteiger partial charge in [0.2, 0.25) is 0 Å². The lowest BCUT2D eigenvalue weighted by Gasteiger charge is -2.39. The van der Waals surface area contributed by atoms with Crippen LogP contribution in [-0.4, -0.2) is 61.0 Å². The fourth-order valence-corrected chi connectivity index (χ4v) is 2.12. The molecule has 0 saturated carbocycles. The molecule has 0 amide bonds. The summed E-state index contributed by atoms with van der Waals surface area (Å²) in [4.78, 5) is 2.37. The first-order valence-corrected chi connectivity index (χ1v) is 6.28. The van der Waals surface area contributed by atoms with E-state index in [1.807, 2.05) is 0 Å². The first kappa shape index (κ1) is 13.9. The first-order valence-electron chi connectivity index (χ1n) is 6.28. The van der Waals surface area contributed by atoms with Crippen LogP contribution in [0.5, 0.6) is 0 Å². The van der Waals surface area contributed by atoms with Crippen molar-refractivity contribution >= 4 is 0 Å². The second-order valence-electron chi connectivity index (χ2n) is 5.18. The van der Waals surface area contributed by atoms with Crippen molar-refractivity contribution in [2.75, 3.05) is 39.4 Å². The van der Waals surface area contributed by atoms with E-state index < -0.39 is 0 Å². The Balaban J connectivity index is 2.33. The molecule has 0 aromatic carbocycles. The van der Waals surface area contributed by atoms with Crippen molar-refractivity contribution in [1.29, 1.82) is 0 Å². The molecule has 1 aliphatic heterocycles. The van der Waals surface area contributed by atoms with Gasteiger partial charge in [-0.15, -0.1) is 0 Å². The molecule has 0 aromatic heterocycles. The molecule has 0 radical (unpaired) electrons. The minimum atomic E-state index is -0.0526. The summed E-state index contributed by atoms with van der Waals surface area (Å²) in [6.45, 7) is 11.2. The van der Waals surface area contributed by atoms with Crippen molar-refractivity contribution in [3.05, 3.63) is 0 Å². The van der Waals surface area contributed by atoms with E-state index in [0.29, 0.717) is 0 Å². The lowest BCUT2D eigenvalue weighted by Crippen LogP contribution is -2.53. The van der Waals surface area contributed by atoms with Crippen molar-refractivity contribution in [3.8, 4) is 0 Å². The molecular formula is C12H26N2O2. The molecule has 1 atom stereocenters.